The Morgan fingerprint density at radius 1 is 1.44 bits per heavy atom. The van der Waals surface area contributed by atoms with Gasteiger partial charge < -0.3 is 15.2 Å². The van der Waals surface area contributed by atoms with Crippen LogP contribution in [-0.4, -0.2) is 23.8 Å². The molecule has 88 valence electrons. The summed E-state index contributed by atoms with van der Waals surface area (Å²) >= 11 is 3.40. The molecule has 0 amide bonds. The van der Waals surface area contributed by atoms with Crippen molar-refractivity contribution in [2.75, 3.05) is 13.1 Å². The van der Waals surface area contributed by atoms with E-state index in [0.29, 0.717) is 6.42 Å². The van der Waals surface area contributed by atoms with Crippen LogP contribution in [0.5, 0.6) is 5.75 Å². The molecule has 1 atom stereocenters. The Bertz CT molecular complexity index is 409. The molecular formula is C11H13BrClNO2. The van der Waals surface area contributed by atoms with Crippen LogP contribution in [-0.2, 0) is 0 Å². The van der Waals surface area contributed by atoms with E-state index >= 15 is 0 Å². The van der Waals surface area contributed by atoms with Crippen molar-refractivity contribution in [2.45, 2.75) is 18.1 Å². The number of aliphatic hydroxyl groups is 1. The molecule has 0 aliphatic carbocycles. The van der Waals surface area contributed by atoms with Crippen molar-refractivity contribution < 1.29 is 9.84 Å². The van der Waals surface area contributed by atoms with Gasteiger partial charge in [-0.05, 0) is 18.2 Å². The maximum Gasteiger partial charge on any atom is 0.136 e. The Morgan fingerprint density at radius 3 is 2.81 bits per heavy atom. The summed E-state index contributed by atoms with van der Waals surface area (Å²) in [7, 11) is 0. The van der Waals surface area contributed by atoms with Gasteiger partial charge in [-0.2, -0.15) is 0 Å². The van der Waals surface area contributed by atoms with Crippen LogP contribution < -0.4 is 10.1 Å². The molecule has 16 heavy (non-hydrogen) atoms. The molecule has 5 heteroatoms. The molecular weight excluding hydrogens is 293 g/mol. The van der Waals surface area contributed by atoms with Crippen LogP contribution in [0.15, 0.2) is 22.7 Å². The summed E-state index contributed by atoms with van der Waals surface area (Å²) in [5, 5.41) is 13.2. The molecule has 1 unspecified atom stereocenters. The molecule has 1 fully saturated rings. The molecule has 2 heterocycles. The minimum atomic E-state index is -0.409. The first kappa shape index (κ1) is 12.2. The fourth-order valence-corrected chi connectivity index (χ4v) is 2.61. The van der Waals surface area contributed by atoms with Crippen LogP contribution in [0.1, 0.15) is 18.1 Å². The summed E-state index contributed by atoms with van der Waals surface area (Å²) in [6.45, 7) is 1.67. The van der Waals surface area contributed by atoms with E-state index in [2.05, 4.69) is 21.2 Å². The highest BCUT2D eigenvalue weighted by Crippen LogP contribution is 2.42. The van der Waals surface area contributed by atoms with Gasteiger partial charge in [0.1, 0.15) is 11.4 Å². The Morgan fingerprint density at radius 2 is 2.19 bits per heavy atom. The molecule has 1 saturated heterocycles. The molecule has 0 saturated carbocycles. The van der Waals surface area contributed by atoms with Gasteiger partial charge >= 0.3 is 0 Å². The van der Waals surface area contributed by atoms with Crippen LogP contribution >= 0.6 is 28.3 Å². The molecule has 3 rings (SSSR count). The molecule has 2 aliphatic heterocycles. The standard InChI is InChI=1S/C11H12BrNO2.ClH/c12-7-1-2-10-8(3-7)9(14)4-11(15-10)5-13-6-11;/h1-3,9,13-14H,4-6H2;1H. The zero-order chi connectivity index (χ0) is 10.5. The Kier molecular flexibility index (Phi) is 3.18. The topological polar surface area (TPSA) is 41.5 Å². The minimum absolute atomic E-state index is 0. The third-order valence-corrected chi connectivity index (χ3v) is 3.61. The zero-order valence-corrected chi connectivity index (χ0v) is 11.0. The van der Waals surface area contributed by atoms with Crippen molar-refractivity contribution in [3.8, 4) is 5.75 Å². The smallest absolute Gasteiger partial charge is 0.136 e. The third kappa shape index (κ3) is 1.84. The largest absolute Gasteiger partial charge is 0.484 e. The molecule has 1 aromatic carbocycles. The minimum Gasteiger partial charge on any atom is -0.484 e. The summed E-state index contributed by atoms with van der Waals surface area (Å²) in [6.07, 6.45) is 0.275. The van der Waals surface area contributed by atoms with E-state index in [1.165, 1.54) is 0 Å². The van der Waals surface area contributed by atoms with Gasteiger partial charge in [-0.1, -0.05) is 15.9 Å². The van der Waals surface area contributed by atoms with E-state index in [4.69, 9.17) is 4.74 Å². The van der Waals surface area contributed by atoms with Crippen LogP contribution in [0.4, 0.5) is 0 Å². The molecule has 0 aromatic heterocycles. The maximum atomic E-state index is 10.1. The number of hydrogen-bond donors (Lipinski definition) is 2. The van der Waals surface area contributed by atoms with Crippen LogP contribution in [0.25, 0.3) is 0 Å². The van der Waals surface area contributed by atoms with Gasteiger partial charge in [0.05, 0.1) is 6.10 Å². The summed E-state index contributed by atoms with van der Waals surface area (Å²) < 4.78 is 6.92. The number of halogens is 2. The third-order valence-electron chi connectivity index (χ3n) is 3.12. The van der Waals surface area contributed by atoms with Crippen molar-refractivity contribution in [2.24, 2.45) is 0 Å². The van der Waals surface area contributed by atoms with Crippen molar-refractivity contribution in [3.05, 3.63) is 28.2 Å². The van der Waals surface area contributed by atoms with Crippen molar-refractivity contribution >= 4 is 28.3 Å². The van der Waals surface area contributed by atoms with E-state index in [-0.39, 0.29) is 18.0 Å². The Labute approximate surface area is 109 Å². The lowest BCUT2D eigenvalue weighted by Crippen LogP contribution is -2.64. The molecule has 3 nitrogen and oxygen atoms in total. The lowest BCUT2D eigenvalue weighted by Gasteiger charge is -2.47. The van der Waals surface area contributed by atoms with Gasteiger partial charge in [0.2, 0.25) is 0 Å². The highest BCUT2D eigenvalue weighted by molar-refractivity contribution is 9.10. The highest BCUT2D eigenvalue weighted by atomic mass is 79.9. The summed E-state index contributed by atoms with van der Waals surface area (Å²) in [5.74, 6) is 0.818. The molecule has 0 radical (unpaired) electrons. The number of hydrogen-bond acceptors (Lipinski definition) is 3. The quantitative estimate of drug-likeness (QED) is 0.770. The predicted molar refractivity (Wildman–Crippen MR) is 67.2 cm³/mol. The van der Waals surface area contributed by atoms with Gasteiger partial charge in [-0.25, -0.2) is 0 Å². The summed E-state index contributed by atoms with van der Waals surface area (Å²) in [5.41, 5.74) is 0.724. The van der Waals surface area contributed by atoms with E-state index < -0.39 is 6.10 Å². The van der Waals surface area contributed by atoms with E-state index in [1.807, 2.05) is 18.2 Å². The Hall–Kier alpha value is -0.290. The monoisotopic (exact) mass is 305 g/mol. The highest BCUT2D eigenvalue weighted by Gasteiger charge is 2.45. The average molecular weight is 307 g/mol. The first-order valence-corrected chi connectivity index (χ1v) is 5.85. The van der Waals surface area contributed by atoms with Gasteiger partial charge in [0.25, 0.3) is 0 Å². The molecule has 1 aromatic rings. The number of ether oxygens (including phenoxy) is 1. The number of nitrogens with one attached hydrogen (secondary N) is 1. The number of rotatable bonds is 0. The molecule has 2 aliphatic rings. The number of benzene rings is 1. The second-order valence-corrected chi connectivity index (χ2v) is 5.21. The van der Waals surface area contributed by atoms with Gasteiger partial charge in [-0.15, -0.1) is 12.4 Å². The molecule has 2 N–H and O–H groups in total. The van der Waals surface area contributed by atoms with Crippen molar-refractivity contribution in [1.29, 1.82) is 0 Å². The van der Waals surface area contributed by atoms with E-state index in [9.17, 15) is 5.11 Å². The van der Waals surface area contributed by atoms with E-state index in [1.54, 1.807) is 0 Å². The van der Waals surface area contributed by atoms with Crippen LogP contribution in [0.2, 0.25) is 0 Å². The van der Waals surface area contributed by atoms with Crippen molar-refractivity contribution in [1.82, 2.24) is 5.32 Å². The van der Waals surface area contributed by atoms with Crippen LogP contribution in [0.3, 0.4) is 0 Å². The molecule has 0 bridgehead atoms. The maximum absolute atomic E-state index is 10.1. The van der Waals surface area contributed by atoms with Gasteiger partial charge in [0.15, 0.2) is 0 Å². The summed E-state index contributed by atoms with van der Waals surface area (Å²) in [4.78, 5) is 0. The number of fused-ring (bicyclic) bond motifs is 1. The lowest BCUT2D eigenvalue weighted by atomic mass is 9.84. The zero-order valence-electron chi connectivity index (χ0n) is 8.57. The lowest BCUT2D eigenvalue weighted by molar-refractivity contribution is -0.0482. The van der Waals surface area contributed by atoms with E-state index in [0.717, 1.165) is 28.9 Å². The average Bonchev–Trinajstić information content (AvgIpc) is 2.16. The van der Waals surface area contributed by atoms with Gasteiger partial charge in [0, 0.05) is 29.5 Å². The normalized spacial score (nSPS) is 25.0. The first-order valence-electron chi connectivity index (χ1n) is 5.06. The fourth-order valence-electron chi connectivity index (χ4n) is 2.23. The summed E-state index contributed by atoms with van der Waals surface area (Å²) in [6, 6.07) is 5.79. The second kappa shape index (κ2) is 4.18. The predicted octanol–water partition coefficient (Wildman–Crippen LogP) is 2.03. The van der Waals surface area contributed by atoms with Crippen LogP contribution in [0, 0.1) is 0 Å². The molecule has 1 spiro atoms. The SMILES string of the molecule is Cl.OC1CC2(CNC2)Oc2ccc(Br)cc21. The first-order chi connectivity index (χ1) is 7.19. The fraction of sp³-hybridized carbons (Fsp3) is 0.455. The Balaban J connectivity index is 0.000000963. The van der Waals surface area contributed by atoms with Crippen molar-refractivity contribution in [3.63, 3.8) is 0 Å². The number of aliphatic hydroxyl groups excluding tert-OH is 1. The second-order valence-electron chi connectivity index (χ2n) is 4.29. The van der Waals surface area contributed by atoms with Gasteiger partial charge in [-0.3, -0.25) is 0 Å².